The fourth-order valence-electron chi connectivity index (χ4n) is 2.45. The minimum Gasteiger partial charge on any atom is -0.493 e. The van der Waals surface area contributed by atoms with E-state index in [9.17, 15) is 9.59 Å². The Morgan fingerprint density at radius 1 is 1.17 bits per heavy atom. The van der Waals surface area contributed by atoms with Crippen LogP contribution >= 0.6 is 11.8 Å². The van der Waals surface area contributed by atoms with Crippen LogP contribution in [0.15, 0.2) is 23.1 Å². The Morgan fingerprint density at radius 3 is 2.39 bits per heavy atom. The molecule has 7 heteroatoms. The summed E-state index contributed by atoms with van der Waals surface area (Å²) in [5, 5.41) is -0.198. The van der Waals surface area contributed by atoms with Crippen LogP contribution < -0.4 is 9.47 Å². The van der Waals surface area contributed by atoms with Crippen LogP contribution in [0.2, 0.25) is 0 Å². The Morgan fingerprint density at radius 2 is 1.83 bits per heavy atom. The van der Waals surface area contributed by atoms with Gasteiger partial charge in [-0.15, -0.1) is 11.8 Å². The molecule has 0 unspecified atom stereocenters. The Hall–Kier alpha value is -1.89. The number of hydrogen-bond acceptors (Lipinski definition) is 5. The van der Waals surface area contributed by atoms with Gasteiger partial charge in [-0.1, -0.05) is 0 Å². The molecule has 1 fully saturated rings. The maximum atomic E-state index is 12.5. The summed E-state index contributed by atoms with van der Waals surface area (Å²) in [5.41, 5.74) is 0. The van der Waals surface area contributed by atoms with Crippen molar-refractivity contribution < 1.29 is 19.1 Å². The van der Waals surface area contributed by atoms with Crippen LogP contribution in [0.4, 0.5) is 0 Å². The molecule has 1 aromatic carbocycles. The average Bonchev–Trinajstić information content (AvgIpc) is 2.60. The molecule has 1 aliphatic rings. The number of thioether (sulfide) groups is 1. The first-order chi connectivity index (χ1) is 11.1. The van der Waals surface area contributed by atoms with Crippen LogP contribution in [-0.4, -0.2) is 67.8 Å². The fraction of sp³-hybridized carbons (Fsp3) is 0.500. The molecule has 1 aliphatic heterocycles. The summed E-state index contributed by atoms with van der Waals surface area (Å²) < 4.78 is 10.5. The molecular formula is C16H22N2O4S. The lowest BCUT2D eigenvalue weighted by atomic mass is 10.3. The summed E-state index contributed by atoms with van der Waals surface area (Å²) in [6, 6.07) is 5.62. The summed E-state index contributed by atoms with van der Waals surface area (Å²) in [7, 11) is 3.18. The first-order valence-electron chi connectivity index (χ1n) is 7.46. The van der Waals surface area contributed by atoms with E-state index in [4.69, 9.17) is 9.47 Å². The lowest BCUT2D eigenvalue weighted by molar-refractivity contribution is -0.134. The highest BCUT2D eigenvalue weighted by Gasteiger charge is 2.25. The molecule has 0 N–H and O–H groups in total. The smallest absolute Gasteiger partial charge is 0.235 e. The highest BCUT2D eigenvalue weighted by molar-refractivity contribution is 8.00. The molecule has 1 atom stereocenters. The summed E-state index contributed by atoms with van der Waals surface area (Å²) in [4.78, 5) is 27.7. The number of methoxy groups -OCH3 is 2. The second-order valence-electron chi connectivity index (χ2n) is 5.24. The van der Waals surface area contributed by atoms with Crippen LogP contribution in [-0.2, 0) is 9.59 Å². The van der Waals surface area contributed by atoms with Crippen molar-refractivity contribution in [1.82, 2.24) is 9.80 Å². The second-order valence-corrected chi connectivity index (χ2v) is 6.66. The maximum Gasteiger partial charge on any atom is 0.235 e. The Kier molecular flexibility index (Phi) is 6.15. The van der Waals surface area contributed by atoms with Crippen LogP contribution in [0, 0.1) is 0 Å². The van der Waals surface area contributed by atoms with Crippen molar-refractivity contribution in [2.24, 2.45) is 0 Å². The molecule has 0 bridgehead atoms. The molecule has 1 heterocycles. The van der Waals surface area contributed by atoms with E-state index in [0.29, 0.717) is 37.7 Å². The molecule has 0 radical (unpaired) electrons. The van der Waals surface area contributed by atoms with Gasteiger partial charge in [0.1, 0.15) is 0 Å². The molecule has 0 aromatic heterocycles. The van der Waals surface area contributed by atoms with Crippen LogP contribution in [0.1, 0.15) is 6.92 Å². The molecule has 2 amide bonds. The van der Waals surface area contributed by atoms with E-state index in [-0.39, 0.29) is 11.2 Å². The number of piperazine rings is 1. The first-order valence-corrected chi connectivity index (χ1v) is 8.33. The summed E-state index contributed by atoms with van der Waals surface area (Å²) in [6.45, 7) is 4.28. The number of hydrogen-bond donors (Lipinski definition) is 0. The Balaban J connectivity index is 1.97. The van der Waals surface area contributed by atoms with E-state index in [0.717, 1.165) is 11.3 Å². The van der Waals surface area contributed by atoms with Crippen molar-refractivity contribution in [3.63, 3.8) is 0 Å². The number of benzene rings is 1. The molecule has 6 nitrogen and oxygen atoms in total. The highest BCUT2D eigenvalue weighted by atomic mass is 32.2. The minimum absolute atomic E-state index is 0.0929. The topological polar surface area (TPSA) is 59.1 Å². The van der Waals surface area contributed by atoms with E-state index in [1.165, 1.54) is 11.8 Å². The van der Waals surface area contributed by atoms with E-state index >= 15 is 0 Å². The Labute approximate surface area is 140 Å². The summed E-state index contributed by atoms with van der Waals surface area (Å²) in [5.74, 6) is 1.41. The Bertz CT molecular complexity index is 559. The predicted molar refractivity (Wildman–Crippen MR) is 89.1 cm³/mol. The van der Waals surface area contributed by atoms with Gasteiger partial charge in [-0.3, -0.25) is 9.59 Å². The number of ether oxygens (including phenoxy) is 2. The van der Waals surface area contributed by atoms with Gasteiger partial charge in [-0.25, -0.2) is 0 Å². The van der Waals surface area contributed by atoms with Crippen molar-refractivity contribution in [3.8, 4) is 11.5 Å². The van der Waals surface area contributed by atoms with E-state index < -0.39 is 0 Å². The second kappa shape index (κ2) is 8.10. The minimum atomic E-state index is -0.198. The third kappa shape index (κ3) is 4.31. The molecule has 0 aliphatic carbocycles. The van der Waals surface area contributed by atoms with Crippen molar-refractivity contribution in [2.45, 2.75) is 17.1 Å². The van der Waals surface area contributed by atoms with E-state index in [2.05, 4.69) is 0 Å². The third-order valence-electron chi connectivity index (χ3n) is 3.79. The van der Waals surface area contributed by atoms with E-state index in [1.807, 2.05) is 30.0 Å². The van der Waals surface area contributed by atoms with Gasteiger partial charge < -0.3 is 19.3 Å². The van der Waals surface area contributed by atoms with E-state index in [1.54, 1.807) is 19.1 Å². The quantitative estimate of drug-likeness (QED) is 0.581. The van der Waals surface area contributed by atoms with Gasteiger partial charge in [0.05, 0.1) is 19.5 Å². The molecular weight excluding hydrogens is 316 g/mol. The predicted octanol–water partition coefficient (Wildman–Crippen LogP) is 1.48. The fourth-order valence-corrected chi connectivity index (χ4v) is 3.43. The molecule has 1 aromatic rings. The van der Waals surface area contributed by atoms with Crippen molar-refractivity contribution in [2.75, 3.05) is 40.4 Å². The van der Waals surface area contributed by atoms with Gasteiger partial charge in [-0.2, -0.15) is 0 Å². The normalized spacial score (nSPS) is 16.0. The highest BCUT2D eigenvalue weighted by Crippen LogP contribution is 2.33. The summed E-state index contributed by atoms with van der Waals surface area (Å²) in [6.07, 6.45) is 0.837. The zero-order valence-electron chi connectivity index (χ0n) is 13.7. The standard InChI is InChI=1S/C16H22N2O4S/c1-12(16(20)18-8-6-17(11-19)7-9-18)23-13-4-5-14(21-2)15(10-13)22-3/h4-5,10-12H,6-9H2,1-3H3/t12-/m0/s1. The third-order valence-corrected chi connectivity index (χ3v) is 4.87. The van der Waals surface area contributed by atoms with Crippen molar-refractivity contribution in [1.29, 1.82) is 0 Å². The lowest BCUT2D eigenvalue weighted by Gasteiger charge is -2.33. The van der Waals surface area contributed by atoms with Gasteiger partial charge in [0.15, 0.2) is 11.5 Å². The molecule has 2 rings (SSSR count). The van der Waals surface area contributed by atoms with Gasteiger partial charge in [0.25, 0.3) is 0 Å². The van der Waals surface area contributed by atoms with Gasteiger partial charge in [0.2, 0.25) is 12.3 Å². The largest absolute Gasteiger partial charge is 0.493 e. The zero-order valence-corrected chi connectivity index (χ0v) is 14.5. The number of carbonyl (C=O) groups excluding carboxylic acids is 2. The molecule has 0 spiro atoms. The van der Waals surface area contributed by atoms with Crippen LogP contribution in [0.3, 0.4) is 0 Å². The average molecular weight is 338 g/mol. The molecule has 126 valence electrons. The number of nitrogens with zero attached hydrogens (tertiary/aromatic N) is 2. The number of carbonyl (C=O) groups is 2. The number of rotatable bonds is 6. The van der Waals surface area contributed by atoms with Crippen LogP contribution in [0.5, 0.6) is 11.5 Å². The number of amides is 2. The molecule has 1 saturated heterocycles. The monoisotopic (exact) mass is 338 g/mol. The lowest BCUT2D eigenvalue weighted by Crippen LogP contribution is -2.50. The summed E-state index contributed by atoms with van der Waals surface area (Å²) >= 11 is 1.49. The molecule has 0 saturated carbocycles. The van der Waals surface area contributed by atoms with Gasteiger partial charge >= 0.3 is 0 Å². The van der Waals surface area contributed by atoms with Gasteiger partial charge in [-0.05, 0) is 25.1 Å². The van der Waals surface area contributed by atoms with Crippen LogP contribution in [0.25, 0.3) is 0 Å². The van der Waals surface area contributed by atoms with Crippen molar-refractivity contribution >= 4 is 24.1 Å². The first kappa shape index (κ1) is 17.5. The maximum absolute atomic E-state index is 12.5. The molecule has 23 heavy (non-hydrogen) atoms. The SMILES string of the molecule is COc1ccc(S[C@@H](C)C(=O)N2CCN(C=O)CC2)cc1OC. The van der Waals surface area contributed by atoms with Crippen molar-refractivity contribution in [3.05, 3.63) is 18.2 Å². The zero-order chi connectivity index (χ0) is 16.8. The van der Waals surface area contributed by atoms with Gasteiger partial charge in [0, 0.05) is 31.1 Å².